The number of carbonyl (C=O) groups excluding carboxylic acids is 1. The Hall–Kier alpha value is -1.96. The smallest absolute Gasteiger partial charge is 0.327 e. The quantitative estimate of drug-likeness (QED) is 0.700. The SMILES string of the molecule is COC(=O)C(c1ccccc1Cl)N1CCN(Cc2nc(C(C)C)no2)CC1. The van der Waals surface area contributed by atoms with Crippen molar-refractivity contribution in [2.45, 2.75) is 32.4 Å². The average Bonchev–Trinajstić information content (AvgIpc) is 3.13. The molecule has 7 nitrogen and oxygen atoms in total. The molecule has 146 valence electrons. The van der Waals surface area contributed by atoms with Crippen LogP contribution in [0, 0.1) is 0 Å². The lowest BCUT2D eigenvalue weighted by molar-refractivity contribution is -0.148. The molecule has 1 aromatic carbocycles. The van der Waals surface area contributed by atoms with Crippen molar-refractivity contribution in [2.24, 2.45) is 0 Å². The number of aromatic nitrogens is 2. The fraction of sp³-hybridized carbons (Fsp3) is 0.526. The molecule has 2 aromatic rings. The van der Waals surface area contributed by atoms with Crippen molar-refractivity contribution < 1.29 is 14.1 Å². The van der Waals surface area contributed by atoms with Crippen LogP contribution in [0.5, 0.6) is 0 Å². The Morgan fingerprint density at radius 2 is 1.96 bits per heavy atom. The molecular formula is C19H25ClN4O3. The van der Waals surface area contributed by atoms with Gasteiger partial charge in [0.05, 0.1) is 13.7 Å². The van der Waals surface area contributed by atoms with Crippen LogP contribution in [-0.2, 0) is 16.1 Å². The highest BCUT2D eigenvalue weighted by Crippen LogP contribution is 2.29. The highest BCUT2D eigenvalue weighted by Gasteiger charge is 2.32. The van der Waals surface area contributed by atoms with Crippen LogP contribution in [0.3, 0.4) is 0 Å². The highest BCUT2D eigenvalue weighted by molar-refractivity contribution is 6.31. The average molecular weight is 393 g/mol. The van der Waals surface area contributed by atoms with E-state index in [4.69, 9.17) is 20.9 Å². The number of nitrogens with zero attached hydrogens (tertiary/aromatic N) is 4. The van der Waals surface area contributed by atoms with Gasteiger partial charge in [-0.3, -0.25) is 9.80 Å². The number of piperazine rings is 1. The number of benzene rings is 1. The molecule has 0 spiro atoms. The first kappa shape index (κ1) is 19.8. The van der Waals surface area contributed by atoms with E-state index in [1.165, 1.54) is 7.11 Å². The molecule has 0 amide bonds. The summed E-state index contributed by atoms with van der Waals surface area (Å²) in [5.74, 6) is 1.31. The van der Waals surface area contributed by atoms with Crippen molar-refractivity contribution in [3.05, 3.63) is 46.6 Å². The highest BCUT2D eigenvalue weighted by atomic mass is 35.5. The fourth-order valence-corrected chi connectivity index (χ4v) is 3.46. The molecule has 0 saturated carbocycles. The molecule has 2 heterocycles. The largest absolute Gasteiger partial charge is 0.468 e. The van der Waals surface area contributed by atoms with Crippen LogP contribution in [0.4, 0.5) is 0 Å². The number of ether oxygens (including phenoxy) is 1. The number of carbonyl (C=O) groups is 1. The molecular weight excluding hydrogens is 368 g/mol. The zero-order valence-corrected chi connectivity index (χ0v) is 16.6. The fourth-order valence-electron chi connectivity index (χ4n) is 3.22. The minimum absolute atomic E-state index is 0.246. The summed E-state index contributed by atoms with van der Waals surface area (Å²) in [6.45, 7) is 7.70. The minimum atomic E-state index is -0.498. The van der Waals surface area contributed by atoms with E-state index in [9.17, 15) is 4.79 Å². The monoisotopic (exact) mass is 392 g/mol. The van der Waals surface area contributed by atoms with Crippen molar-refractivity contribution in [3.8, 4) is 0 Å². The van der Waals surface area contributed by atoms with E-state index in [1.807, 2.05) is 32.0 Å². The molecule has 0 aliphatic carbocycles. The third-order valence-corrected chi connectivity index (χ3v) is 5.10. The first-order valence-electron chi connectivity index (χ1n) is 9.10. The van der Waals surface area contributed by atoms with E-state index in [-0.39, 0.29) is 11.9 Å². The second kappa shape index (κ2) is 8.82. The van der Waals surface area contributed by atoms with Gasteiger partial charge in [0.15, 0.2) is 5.82 Å². The van der Waals surface area contributed by atoms with E-state index in [0.717, 1.165) is 37.6 Å². The number of hydrogen-bond donors (Lipinski definition) is 0. The third kappa shape index (κ3) is 4.66. The van der Waals surface area contributed by atoms with E-state index in [0.29, 0.717) is 17.5 Å². The van der Waals surface area contributed by atoms with Crippen LogP contribution in [0.1, 0.15) is 43.1 Å². The van der Waals surface area contributed by atoms with Gasteiger partial charge in [-0.1, -0.05) is 48.8 Å². The number of methoxy groups -OCH3 is 1. The second-order valence-electron chi connectivity index (χ2n) is 6.96. The molecule has 1 saturated heterocycles. The van der Waals surface area contributed by atoms with Crippen LogP contribution in [0.25, 0.3) is 0 Å². The number of halogens is 1. The summed E-state index contributed by atoms with van der Waals surface area (Å²) >= 11 is 6.33. The van der Waals surface area contributed by atoms with Gasteiger partial charge in [0.2, 0.25) is 5.89 Å². The van der Waals surface area contributed by atoms with Gasteiger partial charge >= 0.3 is 5.97 Å². The minimum Gasteiger partial charge on any atom is -0.468 e. The van der Waals surface area contributed by atoms with E-state index < -0.39 is 6.04 Å². The van der Waals surface area contributed by atoms with Gasteiger partial charge in [-0.05, 0) is 11.6 Å². The molecule has 1 unspecified atom stereocenters. The Kier molecular flexibility index (Phi) is 6.46. The predicted molar refractivity (Wildman–Crippen MR) is 101 cm³/mol. The van der Waals surface area contributed by atoms with Gasteiger partial charge < -0.3 is 9.26 Å². The molecule has 1 fully saturated rings. The maximum atomic E-state index is 12.4. The van der Waals surface area contributed by atoms with Crippen molar-refractivity contribution in [1.29, 1.82) is 0 Å². The van der Waals surface area contributed by atoms with Gasteiger partial charge in [-0.15, -0.1) is 0 Å². The van der Waals surface area contributed by atoms with Crippen molar-refractivity contribution in [1.82, 2.24) is 19.9 Å². The maximum Gasteiger partial charge on any atom is 0.327 e. The zero-order valence-electron chi connectivity index (χ0n) is 15.9. The normalized spacial score (nSPS) is 17.2. The molecule has 1 aromatic heterocycles. The summed E-state index contributed by atoms with van der Waals surface area (Å²) in [6.07, 6.45) is 0. The second-order valence-corrected chi connectivity index (χ2v) is 7.37. The molecule has 1 atom stereocenters. The van der Waals surface area contributed by atoms with E-state index in [1.54, 1.807) is 6.07 Å². The molecule has 0 radical (unpaired) electrons. The Labute approximate surface area is 164 Å². The summed E-state index contributed by atoms with van der Waals surface area (Å²) in [5.41, 5.74) is 0.776. The van der Waals surface area contributed by atoms with Crippen molar-refractivity contribution in [3.63, 3.8) is 0 Å². The summed E-state index contributed by atoms with van der Waals surface area (Å²) < 4.78 is 10.4. The van der Waals surface area contributed by atoms with Gasteiger partial charge in [0.25, 0.3) is 0 Å². The first-order valence-corrected chi connectivity index (χ1v) is 9.48. The Balaban J connectivity index is 1.65. The first-order chi connectivity index (χ1) is 13.0. The summed E-state index contributed by atoms with van der Waals surface area (Å²) in [4.78, 5) is 21.2. The number of hydrogen-bond acceptors (Lipinski definition) is 7. The molecule has 0 N–H and O–H groups in total. The summed E-state index contributed by atoms with van der Waals surface area (Å²) in [7, 11) is 1.41. The standard InChI is InChI=1S/C19H25ClN4O3/c1-13(2)18-21-16(27-22-18)12-23-8-10-24(11-9-23)17(19(25)26-3)14-6-4-5-7-15(14)20/h4-7,13,17H,8-12H2,1-3H3. The molecule has 0 bridgehead atoms. The van der Waals surface area contributed by atoms with Crippen LogP contribution >= 0.6 is 11.6 Å². The maximum absolute atomic E-state index is 12.4. The molecule has 8 heteroatoms. The van der Waals surface area contributed by atoms with Crippen LogP contribution < -0.4 is 0 Å². The molecule has 1 aliphatic rings. The number of rotatable bonds is 6. The van der Waals surface area contributed by atoms with E-state index in [2.05, 4.69) is 19.9 Å². The van der Waals surface area contributed by atoms with Crippen LogP contribution in [-0.4, -0.2) is 59.2 Å². The Morgan fingerprint density at radius 1 is 1.26 bits per heavy atom. The summed E-state index contributed by atoms with van der Waals surface area (Å²) in [6, 6.07) is 6.91. The lowest BCUT2D eigenvalue weighted by Gasteiger charge is -2.37. The number of esters is 1. The van der Waals surface area contributed by atoms with Crippen molar-refractivity contribution in [2.75, 3.05) is 33.3 Å². The summed E-state index contributed by atoms with van der Waals surface area (Å²) in [5, 5.41) is 4.58. The van der Waals surface area contributed by atoms with Crippen LogP contribution in [0.2, 0.25) is 5.02 Å². The third-order valence-electron chi connectivity index (χ3n) is 4.76. The van der Waals surface area contributed by atoms with Gasteiger partial charge in [0, 0.05) is 37.1 Å². The zero-order chi connectivity index (χ0) is 19.4. The predicted octanol–water partition coefficient (Wildman–Crippen LogP) is 2.88. The molecule has 27 heavy (non-hydrogen) atoms. The lowest BCUT2D eigenvalue weighted by Crippen LogP contribution is -2.49. The van der Waals surface area contributed by atoms with Crippen molar-refractivity contribution >= 4 is 17.6 Å². The Morgan fingerprint density at radius 3 is 2.56 bits per heavy atom. The Bertz CT molecular complexity index is 772. The van der Waals surface area contributed by atoms with Gasteiger partial charge in [0.1, 0.15) is 6.04 Å². The molecule has 1 aliphatic heterocycles. The van der Waals surface area contributed by atoms with E-state index >= 15 is 0 Å². The van der Waals surface area contributed by atoms with Crippen LogP contribution in [0.15, 0.2) is 28.8 Å². The lowest BCUT2D eigenvalue weighted by atomic mass is 10.0. The molecule has 3 rings (SSSR count). The van der Waals surface area contributed by atoms with Gasteiger partial charge in [-0.2, -0.15) is 4.98 Å². The topological polar surface area (TPSA) is 71.7 Å². The van der Waals surface area contributed by atoms with Gasteiger partial charge in [-0.25, -0.2) is 4.79 Å².